The molecule has 23 heavy (non-hydrogen) atoms. The second-order valence-corrected chi connectivity index (χ2v) is 6.57. The molecule has 0 saturated heterocycles. The minimum Gasteiger partial charge on any atom is -0.360 e. The van der Waals surface area contributed by atoms with E-state index < -0.39 is 0 Å². The maximum Gasteiger partial charge on any atom is 0.239 e. The van der Waals surface area contributed by atoms with Crippen molar-refractivity contribution < 1.29 is 9.18 Å². The van der Waals surface area contributed by atoms with Gasteiger partial charge in [0.1, 0.15) is 5.82 Å². The van der Waals surface area contributed by atoms with Crippen LogP contribution in [0.1, 0.15) is 5.56 Å². The second-order valence-electron chi connectivity index (χ2n) is 5.43. The van der Waals surface area contributed by atoms with Crippen molar-refractivity contribution in [3.8, 4) is 0 Å². The number of carbonyl (C=O) groups excluding carboxylic acids is 1. The Balaban J connectivity index is 1.52. The van der Waals surface area contributed by atoms with Gasteiger partial charge in [0.2, 0.25) is 5.91 Å². The van der Waals surface area contributed by atoms with Gasteiger partial charge in [-0.25, -0.2) is 4.39 Å². The molecule has 1 heterocycles. The summed E-state index contributed by atoms with van der Waals surface area (Å²) < 4.78 is 13.5. The third-order valence-electron chi connectivity index (χ3n) is 3.83. The van der Waals surface area contributed by atoms with Crippen molar-refractivity contribution in [2.24, 2.45) is 0 Å². The average molecular weight is 330 g/mol. The van der Waals surface area contributed by atoms with Crippen LogP contribution in [0.15, 0.2) is 53.4 Å². The Morgan fingerprint density at radius 2 is 1.96 bits per heavy atom. The van der Waals surface area contributed by atoms with Crippen molar-refractivity contribution in [1.82, 2.24) is 5.32 Å². The molecule has 2 aromatic carbocycles. The molecule has 0 fully saturated rings. The van der Waals surface area contributed by atoms with E-state index in [0.717, 1.165) is 18.0 Å². The van der Waals surface area contributed by atoms with Crippen molar-refractivity contribution in [1.29, 1.82) is 0 Å². The topological polar surface area (TPSA) is 32.3 Å². The number of hydrogen-bond donors (Lipinski definition) is 1. The Morgan fingerprint density at radius 3 is 2.83 bits per heavy atom. The summed E-state index contributed by atoms with van der Waals surface area (Å²) in [6.45, 7) is 1.65. The Kier molecular flexibility index (Phi) is 5.18. The maximum absolute atomic E-state index is 13.5. The van der Waals surface area contributed by atoms with Crippen LogP contribution in [0.4, 0.5) is 10.1 Å². The van der Waals surface area contributed by atoms with Crippen LogP contribution >= 0.6 is 11.8 Å². The highest BCUT2D eigenvalue weighted by atomic mass is 32.2. The molecule has 1 aliphatic rings. The van der Waals surface area contributed by atoms with Gasteiger partial charge in [0.25, 0.3) is 0 Å². The van der Waals surface area contributed by atoms with Crippen LogP contribution in [0.5, 0.6) is 0 Å². The molecule has 0 saturated carbocycles. The molecule has 1 aliphatic heterocycles. The fraction of sp³-hybridized carbons (Fsp3) is 0.278. The van der Waals surface area contributed by atoms with Crippen molar-refractivity contribution >= 4 is 23.4 Å². The molecule has 1 N–H and O–H groups in total. The Hall–Kier alpha value is -2.01. The zero-order valence-corrected chi connectivity index (χ0v) is 13.6. The summed E-state index contributed by atoms with van der Waals surface area (Å²) in [5.74, 6) is 0.742. The first-order chi connectivity index (χ1) is 11.2. The minimum absolute atomic E-state index is 0.0250. The summed E-state index contributed by atoms with van der Waals surface area (Å²) in [6.07, 6.45) is 0.505. The lowest BCUT2D eigenvalue weighted by molar-refractivity contribution is -0.119. The fourth-order valence-corrected chi connectivity index (χ4v) is 3.71. The molecule has 3 rings (SSSR count). The van der Waals surface area contributed by atoms with Gasteiger partial charge in [-0.15, -0.1) is 11.8 Å². The van der Waals surface area contributed by atoms with Gasteiger partial charge in [-0.2, -0.15) is 0 Å². The van der Waals surface area contributed by atoms with Crippen LogP contribution in [0, 0.1) is 5.82 Å². The highest BCUT2D eigenvalue weighted by Crippen LogP contribution is 2.33. The zero-order chi connectivity index (χ0) is 16.1. The smallest absolute Gasteiger partial charge is 0.239 e. The monoisotopic (exact) mass is 330 g/mol. The molecule has 0 atom stereocenters. The number of carbonyl (C=O) groups is 1. The highest BCUT2D eigenvalue weighted by Gasteiger charge is 2.18. The van der Waals surface area contributed by atoms with E-state index in [1.807, 2.05) is 36.0 Å². The quantitative estimate of drug-likeness (QED) is 0.914. The number of amides is 1. The largest absolute Gasteiger partial charge is 0.360 e. The molecule has 5 heteroatoms. The van der Waals surface area contributed by atoms with Gasteiger partial charge >= 0.3 is 0 Å². The van der Waals surface area contributed by atoms with Gasteiger partial charge in [0, 0.05) is 23.7 Å². The van der Waals surface area contributed by atoms with E-state index in [2.05, 4.69) is 16.3 Å². The number of rotatable bonds is 5. The Labute approximate surface area is 139 Å². The van der Waals surface area contributed by atoms with Crippen LogP contribution in [0.2, 0.25) is 0 Å². The number of anilines is 1. The molecule has 3 nitrogen and oxygen atoms in total. The number of benzene rings is 2. The summed E-state index contributed by atoms with van der Waals surface area (Å²) in [5, 5.41) is 2.88. The van der Waals surface area contributed by atoms with E-state index in [1.165, 1.54) is 11.0 Å². The standard InChI is InChI=1S/C18H19FN2OS/c19-15-6-2-1-5-14(15)9-10-20-18(22)13-21-11-12-23-17-8-4-3-7-16(17)21/h1-8H,9-13H2,(H,20,22). The molecule has 0 aromatic heterocycles. The Bertz CT molecular complexity index is 692. The molecule has 0 spiro atoms. The van der Waals surface area contributed by atoms with Crippen LogP contribution in [0.25, 0.3) is 0 Å². The van der Waals surface area contributed by atoms with Crippen LogP contribution in [-0.4, -0.2) is 31.3 Å². The SMILES string of the molecule is O=C(CN1CCSc2ccccc21)NCCc1ccccc1F. The van der Waals surface area contributed by atoms with Crippen molar-refractivity contribution in [3.05, 3.63) is 59.9 Å². The lowest BCUT2D eigenvalue weighted by Crippen LogP contribution is -2.40. The first-order valence-electron chi connectivity index (χ1n) is 7.71. The van der Waals surface area contributed by atoms with Gasteiger partial charge in [-0.3, -0.25) is 4.79 Å². The van der Waals surface area contributed by atoms with Gasteiger partial charge in [-0.1, -0.05) is 30.3 Å². The average Bonchev–Trinajstić information content (AvgIpc) is 2.57. The number of thioether (sulfide) groups is 1. The van der Waals surface area contributed by atoms with E-state index in [4.69, 9.17) is 0 Å². The number of halogens is 1. The van der Waals surface area contributed by atoms with Gasteiger partial charge in [0.15, 0.2) is 0 Å². The second kappa shape index (κ2) is 7.51. The van der Waals surface area contributed by atoms with Crippen LogP contribution in [-0.2, 0) is 11.2 Å². The minimum atomic E-state index is -0.219. The lowest BCUT2D eigenvalue weighted by atomic mass is 10.1. The molecule has 0 radical (unpaired) electrons. The van der Waals surface area contributed by atoms with Crippen molar-refractivity contribution in [3.63, 3.8) is 0 Å². The number of para-hydroxylation sites is 1. The van der Waals surface area contributed by atoms with Crippen molar-refractivity contribution in [2.45, 2.75) is 11.3 Å². The van der Waals surface area contributed by atoms with E-state index in [1.54, 1.807) is 12.1 Å². The molecule has 1 amide bonds. The van der Waals surface area contributed by atoms with Crippen LogP contribution in [0.3, 0.4) is 0 Å². The predicted molar refractivity (Wildman–Crippen MR) is 92.5 cm³/mol. The summed E-state index contributed by atoms with van der Waals surface area (Å²) >= 11 is 1.82. The molecule has 0 bridgehead atoms. The number of nitrogens with zero attached hydrogens (tertiary/aromatic N) is 1. The normalized spacial score (nSPS) is 13.5. The first kappa shape index (κ1) is 15.9. The van der Waals surface area contributed by atoms with Gasteiger partial charge in [-0.05, 0) is 30.2 Å². The highest BCUT2D eigenvalue weighted by molar-refractivity contribution is 7.99. The van der Waals surface area contributed by atoms with Crippen molar-refractivity contribution in [2.75, 3.05) is 30.3 Å². The molecule has 0 aliphatic carbocycles. The summed E-state index contributed by atoms with van der Waals surface area (Å²) in [4.78, 5) is 15.5. The number of fused-ring (bicyclic) bond motifs is 1. The summed E-state index contributed by atoms with van der Waals surface area (Å²) in [5.41, 5.74) is 1.75. The third-order valence-corrected chi connectivity index (χ3v) is 4.88. The molecule has 120 valence electrons. The van der Waals surface area contributed by atoms with E-state index in [9.17, 15) is 9.18 Å². The van der Waals surface area contributed by atoms with Gasteiger partial charge < -0.3 is 10.2 Å². The fourth-order valence-electron chi connectivity index (χ4n) is 2.66. The van der Waals surface area contributed by atoms with Crippen LogP contribution < -0.4 is 10.2 Å². The molecular weight excluding hydrogens is 311 g/mol. The number of nitrogens with one attached hydrogen (secondary N) is 1. The first-order valence-corrected chi connectivity index (χ1v) is 8.69. The lowest BCUT2D eigenvalue weighted by Gasteiger charge is -2.30. The van der Waals surface area contributed by atoms with E-state index in [-0.39, 0.29) is 11.7 Å². The maximum atomic E-state index is 13.5. The zero-order valence-electron chi connectivity index (χ0n) is 12.8. The molecule has 0 unspecified atom stereocenters. The Morgan fingerprint density at radius 1 is 1.17 bits per heavy atom. The predicted octanol–water partition coefficient (Wildman–Crippen LogP) is 3.10. The molecule has 2 aromatic rings. The molecular formula is C18H19FN2OS. The van der Waals surface area contributed by atoms with Gasteiger partial charge in [0.05, 0.1) is 12.2 Å². The van der Waals surface area contributed by atoms with E-state index in [0.29, 0.717) is 25.1 Å². The summed E-state index contributed by atoms with van der Waals surface area (Å²) in [6, 6.07) is 14.8. The number of hydrogen-bond acceptors (Lipinski definition) is 3. The summed E-state index contributed by atoms with van der Waals surface area (Å²) in [7, 11) is 0. The van der Waals surface area contributed by atoms with E-state index >= 15 is 0 Å². The third kappa shape index (κ3) is 4.05.